The summed E-state index contributed by atoms with van der Waals surface area (Å²) in [7, 11) is 3.27. The number of amides is 2. The minimum Gasteiger partial charge on any atom is -0.450 e. The van der Waals surface area contributed by atoms with Gasteiger partial charge < -0.3 is 20.1 Å². The number of nitrogens with one attached hydrogen (secondary N) is 2. The highest BCUT2D eigenvalue weighted by atomic mass is 33.1. The lowest BCUT2D eigenvalue weighted by Gasteiger charge is -2.08. The molecule has 0 radical (unpaired) electrons. The Bertz CT molecular complexity index is 721. The van der Waals surface area contributed by atoms with Crippen LogP contribution in [0.25, 0.3) is 0 Å². The second-order valence-electron chi connectivity index (χ2n) is 5.61. The first-order valence-corrected chi connectivity index (χ1v) is 11.1. The maximum Gasteiger partial charge on any atom is 0.407 e. The summed E-state index contributed by atoms with van der Waals surface area (Å²) in [5, 5.41) is 5.44. The van der Waals surface area contributed by atoms with Gasteiger partial charge in [-0.05, 0) is 49.2 Å². The van der Waals surface area contributed by atoms with Crippen LogP contribution in [0.3, 0.4) is 0 Å². The van der Waals surface area contributed by atoms with Crippen LogP contribution in [0.1, 0.15) is 25.0 Å². The number of hydrogen-bond donors (Lipinski definition) is 2. The Morgan fingerprint density at radius 2 is 1.21 bits per heavy atom. The molecule has 0 aliphatic carbocycles. The Hall–Kier alpha value is -2.32. The van der Waals surface area contributed by atoms with E-state index in [0.29, 0.717) is 26.3 Å². The SMILES string of the molecule is CCOC(=O)NCc1cccc(SSc2cccc(CNC(=O)OCC)c2)c1. The summed E-state index contributed by atoms with van der Waals surface area (Å²) in [6.07, 6.45) is -0.827. The Balaban J connectivity index is 1.86. The first kappa shape index (κ1) is 22.0. The van der Waals surface area contributed by atoms with Crippen molar-refractivity contribution in [2.45, 2.75) is 36.7 Å². The summed E-state index contributed by atoms with van der Waals surface area (Å²) >= 11 is 0. The van der Waals surface area contributed by atoms with Crippen molar-refractivity contribution in [1.29, 1.82) is 0 Å². The van der Waals surface area contributed by atoms with Gasteiger partial charge in [0.1, 0.15) is 0 Å². The molecular weight excluding hydrogens is 396 g/mol. The molecule has 2 amide bonds. The normalized spacial score (nSPS) is 10.2. The minimum atomic E-state index is -0.414. The van der Waals surface area contributed by atoms with Crippen LogP contribution in [0.5, 0.6) is 0 Å². The Morgan fingerprint density at radius 3 is 1.61 bits per heavy atom. The van der Waals surface area contributed by atoms with Gasteiger partial charge in [-0.2, -0.15) is 0 Å². The van der Waals surface area contributed by atoms with E-state index in [4.69, 9.17) is 9.47 Å². The number of ether oxygens (including phenoxy) is 2. The number of alkyl carbamates (subject to hydrolysis) is 2. The van der Waals surface area contributed by atoms with Gasteiger partial charge in [0.2, 0.25) is 0 Å². The molecule has 2 aromatic rings. The highest BCUT2D eigenvalue weighted by Crippen LogP contribution is 2.37. The molecule has 0 unspecified atom stereocenters. The van der Waals surface area contributed by atoms with Gasteiger partial charge in [-0.15, -0.1) is 0 Å². The van der Waals surface area contributed by atoms with Gasteiger partial charge in [-0.25, -0.2) is 9.59 Å². The topological polar surface area (TPSA) is 76.7 Å². The van der Waals surface area contributed by atoms with E-state index in [9.17, 15) is 9.59 Å². The van der Waals surface area contributed by atoms with E-state index in [1.165, 1.54) is 0 Å². The van der Waals surface area contributed by atoms with E-state index in [1.807, 2.05) is 48.5 Å². The lowest BCUT2D eigenvalue weighted by molar-refractivity contribution is 0.150. The lowest BCUT2D eigenvalue weighted by Crippen LogP contribution is -2.23. The van der Waals surface area contributed by atoms with Crippen molar-refractivity contribution in [1.82, 2.24) is 10.6 Å². The zero-order chi connectivity index (χ0) is 20.2. The average Bonchev–Trinajstić information content (AvgIpc) is 2.70. The molecule has 28 heavy (non-hydrogen) atoms. The van der Waals surface area contributed by atoms with E-state index in [0.717, 1.165) is 20.9 Å². The number of hydrogen-bond acceptors (Lipinski definition) is 6. The molecule has 0 fully saturated rings. The van der Waals surface area contributed by atoms with Crippen LogP contribution >= 0.6 is 21.6 Å². The fourth-order valence-corrected chi connectivity index (χ4v) is 4.28. The van der Waals surface area contributed by atoms with Crippen molar-refractivity contribution >= 4 is 33.8 Å². The molecule has 0 spiro atoms. The van der Waals surface area contributed by atoms with E-state index in [2.05, 4.69) is 10.6 Å². The number of carbonyl (C=O) groups excluding carboxylic acids is 2. The summed E-state index contributed by atoms with van der Waals surface area (Å²) < 4.78 is 9.73. The van der Waals surface area contributed by atoms with Crippen LogP contribution in [-0.2, 0) is 22.6 Å². The quantitative estimate of drug-likeness (QED) is 0.557. The predicted octanol–water partition coefficient (Wildman–Crippen LogP) is 4.98. The third-order valence-corrected chi connectivity index (χ3v) is 5.84. The molecule has 8 heteroatoms. The fourth-order valence-electron chi connectivity index (χ4n) is 2.22. The van der Waals surface area contributed by atoms with Crippen molar-refractivity contribution in [2.24, 2.45) is 0 Å². The smallest absolute Gasteiger partial charge is 0.407 e. The van der Waals surface area contributed by atoms with Gasteiger partial charge in [0.15, 0.2) is 0 Å². The third-order valence-electron chi connectivity index (χ3n) is 3.46. The first-order valence-electron chi connectivity index (χ1n) is 8.94. The van der Waals surface area contributed by atoms with Gasteiger partial charge in [-0.3, -0.25) is 0 Å². The molecule has 0 saturated carbocycles. The number of benzene rings is 2. The molecular formula is C20H24N2O4S2. The van der Waals surface area contributed by atoms with Gasteiger partial charge in [0, 0.05) is 22.9 Å². The highest BCUT2D eigenvalue weighted by molar-refractivity contribution is 8.76. The first-order chi connectivity index (χ1) is 13.6. The molecule has 2 aromatic carbocycles. The molecule has 6 nitrogen and oxygen atoms in total. The standard InChI is InChI=1S/C20H24N2O4S2/c1-3-25-19(23)21-13-15-7-5-9-17(11-15)27-28-18-10-6-8-16(12-18)14-22-20(24)26-4-2/h5-12H,3-4,13-14H2,1-2H3,(H,21,23)(H,22,24). The Kier molecular flexibility index (Phi) is 9.57. The predicted molar refractivity (Wildman–Crippen MR) is 112 cm³/mol. The van der Waals surface area contributed by atoms with Crippen LogP contribution in [0, 0.1) is 0 Å². The van der Waals surface area contributed by atoms with Crippen molar-refractivity contribution in [3.63, 3.8) is 0 Å². The van der Waals surface area contributed by atoms with Crippen LogP contribution in [0.15, 0.2) is 58.3 Å². The molecule has 0 bridgehead atoms. The molecule has 0 aliphatic heterocycles. The molecule has 150 valence electrons. The molecule has 0 aliphatic rings. The van der Waals surface area contributed by atoms with E-state index in [1.54, 1.807) is 35.4 Å². The van der Waals surface area contributed by atoms with E-state index >= 15 is 0 Å². The Labute approximate surface area is 173 Å². The molecule has 0 saturated heterocycles. The van der Waals surface area contributed by atoms with Crippen LogP contribution < -0.4 is 10.6 Å². The van der Waals surface area contributed by atoms with Crippen LogP contribution in [0.4, 0.5) is 9.59 Å². The monoisotopic (exact) mass is 420 g/mol. The second-order valence-corrected chi connectivity index (χ2v) is 7.89. The Morgan fingerprint density at radius 1 is 0.786 bits per heavy atom. The van der Waals surface area contributed by atoms with Crippen LogP contribution in [-0.4, -0.2) is 25.4 Å². The summed E-state index contributed by atoms with van der Waals surface area (Å²) in [6, 6.07) is 16.0. The van der Waals surface area contributed by atoms with Crippen molar-refractivity contribution in [2.75, 3.05) is 13.2 Å². The molecule has 0 atom stereocenters. The molecule has 2 rings (SSSR count). The minimum absolute atomic E-state index is 0.354. The van der Waals surface area contributed by atoms with E-state index < -0.39 is 12.2 Å². The summed E-state index contributed by atoms with van der Waals surface area (Å²) in [5.41, 5.74) is 2.01. The maximum absolute atomic E-state index is 11.4. The zero-order valence-corrected chi connectivity index (χ0v) is 17.5. The maximum atomic E-state index is 11.4. The highest BCUT2D eigenvalue weighted by Gasteiger charge is 2.04. The number of carbonyl (C=O) groups is 2. The van der Waals surface area contributed by atoms with Gasteiger partial charge in [-0.1, -0.05) is 45.9 Å². The second kappa shape index (κ2) is 12.2. The molecule has 2 N–H and O–H groups in total. The van der Waals surface area contributed by atoms with Crippen LogP contribution in [0.2, 0.25) is 0 Å². The van der Waals surface area contributed by atoms with E-state index in [-0.39, 0.29) is 0 Å². The summed E-state index contributed by atoms with van der Waals surface area (Å²) in [4.78, 5) is 25.0. The largest absolute Gasteiger partial charge is 0.450 e. The number of rotatable bonds is 9. The fraction of sp³-hybridized carbons (Fsp3) is 0.300. The van der Waals surface area contributed by atoms with Crippen molar-refractivity contribution in [3.05, 3.63) is 59.7 Å². The third kappa shape index (κ3) is 8.14. The van der Waals surface area contributed by atoms with Crippen molar-refractivity contribution < 1.29 is 19.1 Å². The zero-order valence-electron chi connectivity index (χ0n) is 15.9. The van der Waals surface area contributed by atoms with Gasteiger partial charge in [0.25, 0.3) is 0 Å². The lowest BCUT2D eigenvalue weighted by atomic mass is 10.2. The van der Waals surface area contributed by atoms with Crippen molar-refractivity contribution in [3.8, 4) is 0 Å². The summed E-state index contributed by atoms with van der Waals surface area (Å²) in [5.74, 6) is 0. The van der Waals surface area contributed by atoms with Gasteiger partial charge >= 0.3 is 12.2 Å². The average molecular weight is 421 g/mol. The molecule has 0 aromatic heterocycles. The summed E-state index contributed by atoms with van der Waals surface area (Å²) in [6.45, 7) is 5.10. The molecule has 0 heterocycles. The van der Waals surface area contributed by atoms with Gasteiger partial charge in [0.05, 0.1) is 13.2 Å².